The van der Waals surface area contributed by atoms with Gasteiger partial charge in [-0.3, -0.25) is 4.90 Å². The van der Waals surface area contributed by atoms with Gasteiger partial charge in [0.05, 0.1) is 0 Å². The van der Waals surface area contributed by atoms with Crippen LogP contribution in [0.5, 0.6) is 0 Å². The average molecular weight is 261 g/mol. The van der Waals surface area contributed by atoms with Gasteiger partial charge in [0.2, 0.25) is 0 Å². The van der Waals surface area contributed by atoms with Gasteiger partial charge in [0.25, 0.3) is 0 Å². The van der Waals surface area contributed by atoms with Gasteiger partial charge in [-0.25, -0.2) is 0 Å². The minimum atomic E-state index is -0.110. The summed E-state index contributed by atoms with van der Waals surface area (Å²) in [7, 11) is 0. The first-order chi connectivity index (χ1) is 9.03. The van der Waals surface area contributed by atoms with E-state index >= 15 is 0 Å². The number of likely N-dealkylation sites (tertiary alicyclic amines) is 1. The van der Waals surface area contributed by atoms with E-state index in [4.69, 9.17) is 5.73 Å². The minimum absolute atomic E-state index is 0.110. The number of hydrogen-bond acceptors (Lipinski definition) is 3. The lowest BCUT2D eigenvalue weighted by atomic mass is 10.0. The highest BCUT2D eigenvalue weighted by Crippen LogP contribution is 2.14. The molecule has 2 rings (SSSR count). The van der Waals surface area contributed by atoms with Crippen molar-refractivity contribution in [3.05, 3.63) is 35.9 Å². The maximum absolute atomic E-state index is 6.01. The summed E-state index contributed by atoms with van der Waals surface area (Å²) in [5.41, 5.74) is 7.31. The Bertz CT molecular complexity index is 361. The molecule has 0 aliphatic carbocycles. The summed E-state index contributed by atoms with van der Waals surface area (Å²) >= 11 is 0. The standard InChI is InChI=1S/C16H27N3/c1-16(2,17)13-18-15-8-10-19(11-9-15)12-14-6-4-3-5-7-14/h3-7,15,18H,8-13,17H2,1-2H3. The molecule has 0 bridgehead atoms. The zero-order valence-electron chi connectivity index (χ0n) is 12.2. The maximum Gasteiger partial charge on any atom is 0.0233 e. The Hall–Kier alpha value is -0.900. The van der Waals surface area contributed by atoms with E-state index in [1.54, 1.807) is 0 Å². The van der Waals surface area contributed by atoms with Crippen LogP contribution in [0.2, 0.25) is 0 Å². The van der Waals surface area contributed by atoms with Gasteiger partial charge < -0.3 is 11.1 Å². The summed E-state index contributed by atoms with van der Waals surface area (Å²) in [6, 6.07) is 11.4. The van der Waals surface area contributed by atoms with Gasteiger partial charge in [-0.15, -0.1) is 0 Å². The first-order valence-corrected chi connectivity index (χ1v) is 7.31. The predicted molar refractivity (Wildman–Crippen MR) is 81.0 cm³/mol. The van der Waals surface area contributed by atoms with Gasteiger partial charge in [0, 0.05) is 24.7 Å². The van der Waals surface area contributed by atoms with Gasteiger partial charge in [0.15, 0.2) is 0 Å². The van der Waals surface area contributed by atoms with Crippen LogP contribution in [-0.4, -0.2) is 36.1 Å². The summed E-state index contributed by atoms with van der Waals surface area (Å²) in [5.74, 6) is 0. The molecule has 0 aromatic heterocycles. The molecule has 1 aliphatic heterocycles. The molecule has 106 valence electrons. The number of piperidine rings is 1. The van der Waals surface area contributed by atoms with Crippen molar-refractivity contribution in [3.63, 3.8) is 0 Å². The molecule has 1 aromatic carbocycles. The van der Waals surface area contributed by atoms with Crippen molar-refractivity contribution in [1.82, 2.24) is 10.2 Å². The Kier molecular flexibility index (Phi) is 4.97. The topological polar surface area (TPSA) is 41.3 Å². The van der Waals surface area contributed by atoms with E-state index in [1.165, 1.54) is 31.5 Å². The predicted octanol–water partition coefficient (Wildman–Crippen LogP) is 1.98. The maximum atomic E-state index is 6.01. The van der Waals surface area contributed by atoms with Crippen LogP contribution >= 0.6 is 0 Å². The fraction of sp³-hybridized carbons (Fsp3) is 0.625. The third-order valence-corrected chi connectivity index (χ3v) is 3.68. The van der Waals surface area contributed by atoms with Crippen molar-refractivity contribution in [1.29, 1.82) is 0 Å². The number of rotatable bonds is 5. The van der Waals surface area contributed by atoms with Crippen molar-refractivity contribution in [3.8, 4) is 0 Å². The van der Waals surface area contributed by atoms with Gasteiger partial charge >= 0.3 is 0 Å². The van der Waals surface area contributed by atoms with Crippen LogP contribution in [0.1, 0.15) is 32.3 Å². The number of nitrogens with zero attached hydrogens (tertiary/aromatic N) is 1. The van der Waals surface area contributed by atoms with Crippen LogP contribution in [0.25, 0.3) is 0 Å². The van der Waals surface area contributed by atoms with Crippen molar-refractivity contribution >= 4 is 0 Å². The Morgan fingerprint density at radius 3 is 2.42 bits per heavy atom. The molecule has 0 atom stereocenters. The summed E-state index contributed by atoms with van der Waals surface area (Å²) in [4.78, 5) is 2.54. The van der Waals surface area contributed by atoms with E-state index < -0.39 is 0 Å². The lowest BCUT2D eigenvalue weighted by Gasteiger charge is -2.34. The Balaban J connectivity index is 1.71. The van der Waals surface area contributed by atoms with Crippen LogP contribution in [0.15, 0.2) is 30.3 Å². The fourth-order valence-electron chi connectivity index (χ4n) is 2.54. The quantitative estimate of drug-likeness (QED) is 0.851. The van der Waals surface area contributed by atoms with E-state index in [0.29, 0.717) is 6.04 Å². The molecule has 3 heteroatoms. The van der Waals surface area contributed by atoms with E-state index in [2.05, 4.69) is 54.4 Å². The molecular formula is C16H27N3. The van der Waals surface area contributed by atoms with E-state index in [-0.39, 0.29) is 5.54 Å². The molecule has 0 saturated carbocycles. The first kappa shape index (κ1) is 14.5. The molecule has 1 heterocycles. The highest BCUT2D eigenvalue weighted by molar-refractivity contribution is 5.14. The summed E-state index contributed by atoms with van der Waals surface area (Å²) in [6.07, 6.45) is 2.45. The highest BCUT2D eigenvalue weighted by Gasteiger charge is 2.20. The zero-order chi connectivity index (χ0) is 13.7. The number of nitrogens with one attached hydrogen (secondary N) is 1. The molecule has 0 amide bonds. The van der Waals surface area contributed by atoms with Crippen LogP contribution < -0.4 is 11.1 Å². The highest BCUT2D eigenvalue weighted by atomic mass is 15.1. The van der Waals surface area contributed by atoms with Gasteiger partial charge in [0.1, 0.15) is 0 Å². The second kappa shape index (κ2) is 6.51. The largest absolute Gasteiger partial charge is 0.324 e. The van der Waals surface area contributed by atoms with Crippen molar-refractivity contribution in [2.24, 2.45) is 5.73 Å². The van der Waals surface area contributed by atoms with Crippen molar-refractivity contribution in [2.75, 3.05) is 19.6 Å². The normalized spacial score (nSPS) is 18.7. The van der Waals surface area contributed by atoms with Crippen molar-refractivity contribution in [2.45, 2.75) is 44.8 Å². The Labute approximate surface area is 117 Å². The molecule has 3 N–H and O–H groups in total. The fourth-order valence-corrected chi connectivity index (χ4v) is 2.54. The molecule has 3 nitrogen and oxygen atoms in total. The molecular weight excluding hydrogens is 234 g/mol. The summed E-state index contributed by atoms with van der Waals surface area (Å²) in [6.45, 7) is 8.48. The van der Waals surface area contributed by atoms with E-state index in [9.17, 15) is 0 Å². The second-order valence-corrected chi connectivity index (χ2v) is 6.41. The zero-order valence-corrected chi connectivity index (χ0v) is 12.2. The SMILES string of the molecule is CC(C)(N)CNC1CCN(Cc2ccccc2)CC1. The van der Waals surface area contributed by atoms with E-state index in [1.807, 2.05) is 0 Å². The molecule has 0 radical (unpaired) electrons. The van der Waals surface area contributed by atoms with Crippen LogP contribution in [-0.2, 0) is 6.54 Å². The molecule has 1 aromatic rings. The Morgan fingerprint density at radius 2 is 1.84 bits per heavy atom. The van der Waals surface area contributed by atoms with Gasteiger partial charge in [-0.2, -0.15) is 0 Å². The minimum Gasteiger partial charge on any atom is -0.324 e. The van der Waals surface area contributed by atoms with Crippen molar-refractivity contribution < 1.29 is 0 Å². The van der Waals surface area contributed by atoms with Crippen LogP contribution in [0.4, 0.5) is 0 Å². The lowest BCUT2D eigenvalue weighted by Crippen LogP contribution is -2.49. The van der Waals surface area contributed by atoms with Gasteiger partial charge in [-0.1, -0.05) is 30.3 Å². The molecule has 1 fully saturated rings. The monoisotopic (exact) mass is 261 g/mol. The summed E-state index contributed by atoms with van der Waals surface area (Å²) < 4.78 is 0. The number of nitrogens with two attached hydrogens (primary N) is 1. The molecule has 0 spiro atoms. The number of benzene rings is 1. The first-order valence-electron chi connectivity index (χ1n) is 7.31. The third kappa shape index (κ3) is 5.31. The smallest absolute Gasteiger partial charge is 0.0233 e. The van der Waals surface area contributed by atoms with Crippen LogP contribution in [0.3, 0.4) is 0 Å². The molecule has 1 saturated heterocycles. The van der Waals surface area contributed by atoms with Gasteiger partial charge in [-0.05, 0) is 45.3 Å². The third-order valence-electron chi connectivity index (χ3n) is 3.68. The number of hydrogen-bond donors (Lipinski definition) is 2. The summed E-state index contributed by atoms with van der Waals surface area (Å²) in [5, 5.41) is 3.59. The average Bonchev–Trinajstić information content (AvgIpc) is 2.38. The molecule has 1 aliphatic rings. The second-order valence-electron chi connectivity index (χ2n) is 6.41. The lowest BCUT2D eigenvalue weighted by molar-refractivity contribution is 0.187. The molecule has 0 unspecified atom stereocenters. The molecule has 19 heavy (non-hydrogen) atoms. The van der Waals surface area contributed by atoms with E-state index in [0.717, 1.165) is 13.1 Å². The Morgan fingerprint density at radius 1 is 1.21 bits per heavy atom. The van der Waals surface area contributed by atoms with Crippen LogP contribution in [0, 0.1) is 0 Å².